The smallest absolute Gasteiger partial charge is 0.246 e. The number of amides is 1. The van der Waals surface area contributed by atoms with E-state index in [0.717, 1.165) is 78.0 Å². The van der Waals surface area contributed by atoms with E-state index in [2.05, 4.69) is 52.5 Å². The van der Waals surface area contributed by atoms with Crippen LogP contribution in [0, 0.1) is 5.92 Å². The molecular weight excluding hydrogens is 500 g/mol. The average molecular weight is 535 g/mol. The summed E-state index contributed by atoms with van der Waals surface area (Å²) < 4.78 is 0. The Morgan fingerprint density at radius 1 is 1.13 bits per heavy atom. The molecule has 2 saturated heterocycles. The number of piperazine rings is 1. The van der Waals surface area contributed by atoms with E-state index in [9.17, 15) is 4.79 Å². The fourth-order valence-electron chi connectivity index (χ4n) is 6.15. The van der Waals surface area contributed by atoms with Gasteiger partial charge in [-0.25, -0.2) is 4.98 Å². The third kappa shape index (κ3) is 4.31. The van der Waals surface area contributed by atoms with Gasteiger partial charge in [0.25, 0.3) is 0 Å². The van der Waals surface area contributed by atoms with E-state index >= 15 is 0 Å². The molecule has 0 radical (unpaired) electrons. The van der Waals surface area contributed by atoms with Crippen LogP contribution in [0.5, 0.6) is 0 Å². The zero-order valence-electron chi connectivity index (χ0n) is 22.3. The molecule has 2 aliphatic heterocycles. The maximum absolute atomic E-state index is 12.2. The molecule has 3 aliphatic rings. The number of carbonyl (C=O) groups is 1. The minimum atomic E-state index is -0.00729. The van der Waals surface area contributed by atoms with Crippen LogP contribution in [0.25, 0.3) is 10.9 Å². The molecule has 38 heavy (non-hydrogen) atoms. The Kier molecular flexibility index (Phi) is 6.52. The maximum atomic E-state index is 12.2. The topological polar surface area (TPSA) is 84.5 Å². The molecule has 2 atom stereocenters. The largest absolute Gasteiger partial charge is 0.353 e. The van der Waals surface area contributed by atoms with Crippen molar-refractivity contribution in [1.82, 2.24) is 30.0 Å². The number of hydrogen-bond acceptors (Lipinski definition) is 7. The Hall–Kier alpha value is -3.17. The molecule has 0 saturated carbocycles. The van der Waals surface area contributed by atoms with Gasteiger partial charge in [-0.3, -0.25) is 9.89 Å². The Balaban J connectivity index is 1.36. The number of fused-ring (bicyclic) bond motifs is 2. The second-order valence-electron chi connectivity index (χ2n) is 11.1. The van der Waals surface area contributed by atoms with Gasteiger partial charge in [0.05, 0.1) is 17.4 Å². The number of nitrogens with zero attached hydrogens (tertiary/aromatic N) is 7. The zero-order chi connectivity index (χ0) is 26.6. The van der Waals surface area contributed by atoms with Gasteiger partial charge in [-0.15, -0.1) is 0 Å². The summed E-state index contributed by atoms with van der Waals surface area (Å²) in [5.41, 5.74) is 4.52. The first-order valence-corrected chi connectivity index (χ1v) is 13.8. The number of aromatic nitrogens is 4. The molecule has 1 aromatic carbocycles. The molecule has 10 heteroatoms. The van der Waals surface area contributed by atoms with Crippen molar-refractivity contribution in [3.8, 4) is 0 Å². The van der Waals surface area contributed by atoms with Gasteiger partial charge in [0.15, 0.2) is 0 Å². The quantitative estimate of drug-likeness (QED) is 0.503. The van der Waals surface area contributed by atoms with Crippen molar-refractivity contribution in [2.75, 3.05) is 63.2 Å². The van der Waals surface area contributed by atoms with E-state index < -0.39 is 0 Å². The molecule has 200 valence electrons. The first-order valence-electron chi connectivity index (χ1n) is 13.4. The van der Waals surface area contributed by atoms with Gasteiger partial charge in [-0.05, 0) is 62.5 Å². The van der Waals surface area contributed by atoms with Crippen molar-refractivity contribution in [2.45, 2.75) is 31.7 Å². The molecule has 1 aliphatic carbocycles. The fourth-order valence-corrected chi connectivity index (χ4v) is 6.45. The van der Waals surface area contributed by atoms with Crippen molar-refractivity contribution in [2.24, 2.45) is 5.92 Å². The molecule has 1 amide bonds. The number of rotatable bonds is 5. The first-order chi connectivity index (χ1) is 18.3. The van der Waals surface area contributed by atoms with Crippen molar-refractivity contribution in [1.29, 1.82) is 0 Å². The van der Waals surface area contributed by atoms with Gasteiger partial charge >= 0.3 is 0 Å². The van der Waals surface area contributed by atoms with Crippen LogP contribution >= 0.6 is 11.6 Å². The molecule has 2 aromatic heterocycles. The molecule has 2 fully saturated rings. The molecule has 6 rings (SSSR count). The fraction of sp³-hybridized carbons (Fsp3) is 0.500. The molecule has 0 spiro atoms. The number of H-pyrrole nitrogens is 1. The number of likely N-dealkylation sites (N-methyl/N-ethyl adjacent to an activating group) is 1. The van der Waals surface area contributed by atoms with Crippen LogP contribution in [0.2, 0.25) is 5.02 Å². The summed E-state index contributed by atoms with van der Waals surface area (Å²) in [5, 5.41) is 9.25. The highest BCUT2D eigenvalue weighted by Gasteiger charge is 2.37. The summed E-state index contributed by atoms with van der Waals surface area (Å²) >= 11 is 6.81. The predicted octanol–water partition coefficient (Wildman–Crippen LogP) is 3.11. The van der Waals surface area contributed by atoms with Gasteiger partial charge in [-0.1, -0.05) is 25.1 Å². The van der Waals surface area contributed by atoms with E-state index in [1.165, 1.54) is 11.6 Å². The Labute approximate surface area is 228 Å². The highest BCUT2D eigenvalue weighted by atomic mass is 35.5. The molecule has 0 unspecified atom stereocenters. The molecule has 3 aromatic rings. The van der Waals surface area contributed by atoms with Crippen LogP contribution in [0.1, 0.15) is 29.7 Å². The SMILES string of the molecule is C=CC(=O)N1CCN(c2nc(N3CC(N(C)C)C3)nc3c2C[C@H](C)[C@@H](c2c(Cl)ccc4[nH]ncc24)C3)CC1. The van der Waals surface area contributed by atoms with Gasteiger partial charge in [-0.2, -0.15) is 10.1 Å². The molecule has 9 nitrogen and oxygen atoms in total. The van der Waals surface area contributed by atoms with E-state index in [-0.39, 0.29) is 11.8 Å². The summed E-state index contributed by atoms with van der Waals surface area (Å²) in [6.45, 7) is 10.6. The second-order valence-corrected chi connectivity index (χ2v) is 11.5. The summed E-state index contributed by atoms with van der Waals surface area (Å²) in [6.07, 6.45) is 4.98. The normalized spacial score (nSPS) is 22.1. The Bertz CT molecular complexity index is 1370. The number of anilines is 2. The Morgan fingerprint density at radius 2 is 1.89 bits per heavy atom. The zero-order valence-corrected chi connectivity index (χ0v) is 23.1. The van der Waals surface area contributed by atoms with Gasteiger partial charge in [0.1, 0.15) is 5.82 Å². The third-order valence-corrected chi connectivity index (χ3v) is 8.94. The lowest BCUT2D eigenvalue weighted by molar-refractivity contribution is -0.126. The summed E-state index contributed by atoms with van der Waals surface area (Å²) in [6, 6.07) is 4.48. The first kappa shape index (κ1) is 25.1. The third-order valence-electron chi connectivity index (χ3n) is 8.61. The van der Waals surface area contributed by atoms with Crippen LogP contribution in [0.15, 0.2) is 31.0 Å². The highest BCUT2D eigenvalue weighted by molar-refractivity contribution is 6.32. The van der Waals surface area contributed by atoms with Crippen molar-refractivity contribution < 1.29 is 4.79 Å². The number of halogens is 1. The van der Waals surface area contributed by atoms with E-state index in [0.29, 0.717) is 25.0 Å². The van der Waals surface area contributed by atoms with E-state index in [1.807, 2.05) is 23.2 Å². The monoisotopic (exact) mass is 534 g/mol. The molecular formula is C28H35ClN8O. The van der Waals surface area contributed by atoms with Crippen molar-refractivity contribution in [3.05, 3.63) is 52.8 Å². The van der Waals surface area contributed by atoms with Crippen LogP contribution in [0.4, 0.5) is 11.8 Å². The molecule has 1 N–H and O–H groups in total. The molecule has 0 bridgehead atoms. The van der Waals surface area contributed by atoms with Crippen LogP contribution in [-0.4, -0.2) is 95.3 Å². The average Bonchev–Trinajstić information content (AvgIpc) is 3.36. The van der Waals surface area contributed by atoms with E-state index in [1.54, 1.807) is 0 Å². The van der Waals surface area contributed by atoms with Crippen LogP contribution in [-0.2, 0) is 17.6 Å². The van der Waals surface area contributed by atoms with Crippen LogP contribution < -0.4 is 9.80 Å². The maximum Gasteiger partial charge on any atom is 0.246 e. The second kappa shape index (κ2) is 9.85. The van der Waals surface area contributed by atoms with Crippen molar-refractivity contribution in [3.63, 3.8) is 0 Å². The number of carbonyl (C=O) groups excluding carboxylic acids is 1. The van der Waals surface area contributed by atoms with E-state index in [4.69, 9.17) is 21.6 Å². The predicted molar refractivity (Wildman–Crippen MR) is 151 cm³/mol. The van der Waals surface area contributed by atoms with Gasteiger partial charge in [0.2, 0.25) is 11.9 Å². The van der Waals surface area contributed by atoms with Crippen LogP contribution in [0.3, 0.4) is 0 Å². The standard InChI is InChI=1S/C28H35ClN8O/c1-5-25(38)35-8-10-36(11-9-35)27-20-12-17(2)19(26-21-14-30-33-23(21)7-6-22(26)29)13-24(20)31-28(32-27)37-15-18(16-37)34(3)4/h5-7,14,17-19H,1,8-13,15-16H2,2-4H3,(H,30,33)/t17-,19-/m0/s1. The number of hydrogen-bond donors (Lipinski definition) is 1. The lowest BCUT2D eigenvalue weighted by Gasteiger charge is -2.44. The summed E-state index contributed by atoms with van der Waals surface area (Å²) in [4.78, 5) is 31.3. The lowest BCUT2D eigenvalue weighted by atomic mass is 9.74. The summed E-state index contributed by atoms with van der Waals surface area (Å²) in [5.74, 6) is 2.43. The minimum Gasteiger partial charge on any atom is -0.353 e. The number of aromatic amines is 1. The molecule has 4 heterocycles. The van der Waals surface area contributed by atoms with Gasteiger partial charge < -0.3 is 19.6 Å². The number of nitrogens with one attached hydrogen (secondary N) is 1. The highest BCUT2D eigenvalue weighted by Crippen LogP contribution is 2.44. The summed E-state index contributed by atoms with van der Waals surface area (Å²) in [7, 11) is 4.24. The number of benzene rings is 1. The minimum absolute atomic E-state index is 0.00729. The Morgan fingerprint density at radius 3 is 2.61 bits per heavy atom. The lowest BCUT2D eigenvalue weighted by Crippen LogP contribution is -2.58. The van der Waals surface area contributed by atoms with Crippen molar-refractivity contribution >= 4 is 40.2 Å². The van der Waals surface area contributed by atoms with Gasteiger partial charge in [0, 0.05) is 61.3 Å².